The summed E-state index contributed by atoms with van der Waals surface area (Å²) in [6.45, 7) is 6.11. The Kier molecular flexibility index (Phi) is 3.34. The molecule has 0 atom stereocenters. The third-order valence-electron chi connectivity index (χ3n) is 2.82. The number of hydrogen-bond donors (Lipinski definition) is 1. The van der Waals surface area contributed by atoms with Crippen LogP contribution in [0.15, 0.2) is 5.38 Å². The fraction of sp³-hybridized carbons (Fsp3) is 0.600. The minimum Gasteiger partial charge on any atom is -0.375 e. The van der Waals surface area contributed by atoms with Crippen LogP contribution in [0.25, 0.3) is 0 Å². The number of nitrogen functional groups attached to an aromatic ring is 1. The summed E-state index contributed by atoms with van der Waals surface area (Å²) in [6.07, 6.45) is 0.898. The number of nitrogens with two attached hydrogens (primary N) is 1. The number of carbonyl (C=O) groups excluding carboxylic acids is 1. The van der Waals surface area contributed by atoms with Gasteiger partial charge in [0, 0.05) is 18.0 Å². The molecule has 0 aromatic carbocycles. The van der Waals surface area contributed by atoms with Crippen LogP contribution in [-0.2, 0) is 0 Å². The average molecular weight is 227 g/mol. The Morgan fingerprint density at radius 1 is 1.67 bits per heavy atom. The first kappa shape index (κ1) is 12.0. The Morgan fingerprint density at radius 3 is 2.67 bits per heavy atom. The van der Waals surface area contributed by atoms with Crippen molar-refractivity contribution in [3.05, 3.63) is 11.1 Å². The summed E-state index contributed by atoms with van der Waals surface area (Å²) in [7, 11) is 1.79. The van der Waals surface area contributed by atoms with Crippen LogP contribution in [0.4, 0.5) is 5.13 Å². The molecule has 0 saturated heterocycles. The molecule has 84 valence electrons. The number of anilines is 1. The molecule has 0 aliphatic carbocycles. The number of nitrogens with zero attached hydrogens (tertiary/aromatic N) is 2. The lowest BCUT2D eigenvalue weighted by atomic mass is 10.00. The highest BCUT2D eigenvalue weighted by atomic mass is 32.1. The van der Waals surface area contributed by atoms with Crippen LogP contribution in [0.3, 0.4) is 0 Å². The topological polar surface area (TPSA) is 59.2 Å². The smallest absolute Gasteiger partial charge is 0.273 e. The van der Waals surface area contributed by atoms with Gasteiger partial charge in [-0.05, 0) is 20.3 Å². The van der Waals surface area contributed by atoms with Crippen molar-refractivity contribution in [1.82, 2.24) is 9.88 Å². The number of rotatable bonds is 3. The molecule has 1 amide bonds. The van der Waals surface area contributed by atoms with Gasteiger partial charge in [-0.15, -0.1) is 11.3 Å². The Morgan fingerprint density at radius 2 is 2.27 bits per heavy atom. The molecule has 0 fully saturated rings. The van der Waals surface area contributed by atoms with Crippen LogP contribution >= 0.6 is 11.3 Å². The Hall–Kier alpha value is -1.10. The number of carbonyl (C=O) groups is 1. The van der Waals surface area contributed by atoms with Crippen LogP contribution in [0.1, 0.15) is 37.7 Å². The zero-order chi connectivity index (χ0) is 11.6. The number of aromatic nitrogens is 1. The normalized spacial score (nSPS) is 11.5. The molecule has 0 unspecified atom stereocenters. The van der Waals surface area contributed by atoms with Crippen molar-refractivity contribution in [2.45, 2.75) is 32.7 Å². The van der Waals surface area contributed by atoms with Gasteiger partial charge in [0.1, 0.15) is 5.69 Å². The molecule has 0 saturated carbocycles. The Balaban J connectivity index is 2.86. The maximum atomic E-state index is 12.0. The first-order chi connectivity index (χ1) is 6.88. The molecule has 4 nitrogen and oxygen atoms in total. The molecule has 0 radical (unpaired) electrons. The van der Waals surface area contributed by atoms with E-state index in [1.165, 1.54) is 11.3 Å². The van der Waals surface area contributed by atoms with Crippen LogP contribution in [0.2, 0.25) is 0 Å². The van der Waals surface area contributed by atoms with Crippen molar-refractivity contribution in [1.29, 1.82) is 0 Å². The lowest BCUT2D eigenvalue weighted by molar-refractivity contribution is 0.0615. The molecule has 5 heteroatoms. The summed E-state index contributed by atoms with van der Waals surface area (Å²) < 4.78 is 0. The molecular formula is C10H17N3OS. The van der Waals surface area contributed by atoms with Gasteiger partial charge in [0.25, 0.3) is 5.91 Å². The first-order valence-electron chi connectivity index (χ1n) is 4.87. The second kappa shape index (κ2) is 4.18. The highest BCUT2D eigenvalue weighted by Crippen LogP contribution is 2.20. The van der Waals surface area contributed by atoms with Crippen LogP contribution < -0.4 is 5.73 Å². The summed E-state index contributed by atoms with van der Waals surface area (Å²) in [6, 6.07) is 0. The zero-order valence-electron chi connectivity index (χ0n) is 9.57. The predicted molar refractivity (Wildman–Crippen MR) is 63.0 cm³/mol. The van der Waals surface area contributed by atoms with Gasteiger partial charge < -0.3 is 10.6 Å². The van der Waals surface area contributed by atoms with Gasteiger partial charge in [0.2, 0.25) is 0 Å². The van der Waals surface area contributed by atoms with Gasteiger partial charge in [-0.2, -0.15) is 0 Å². The first-order valence-corrected chi connectivity index (χ1v) is 5.75. The van der Waals surface area contributed by atoms with Crippen molar-refractivity contribution in [2.24, 2.45) is 0 Å². The van der Waals surface area contributed by atoms with Crippen molar-refractivity contribution < 1.29 is 4.79 Å². The van der Waals surface area contributed by atoms with E-state index in [4.69, 9.17) is 5.73 Å². The fourth-order valence-electron chi connectivity index (χ4n) is 1.07. The molecule has 0 aliphatic rings. The summed E-state index contributed by atoms with van der Waals surface area (Å²) in [4.78, 5) is 17.7. The van der Waals surface area contributed by atoms with Crippen molar-refractivity contribution >= 4 is 22.4 Å². The highest BCUT2D eigenvalue weighted by molar-refractivity contribution is 7.13. The van der Waals surface area contributed by atoms with Crippen LogP contribution in [0.5, 0.6) is 0 Å². The van der Waals surface area contributed by atoms with E-state index in [0.29, 0.717) is 10.8 Å². The minimum atomic E-state index is -0.157. The van der Waals surface area contributed by atoms with Crippen LogP contribution in [-0.4, -0.2) is 28.4 Å². The van der Waals surface area contributed by atoms with Gasteiger partial charge >= 0.3 is 0 Å². The van der Waals surface area contributed by atoms with Crippen molar-refractivity contribution in [3.63, 3.8) is 0 Å². The maximum absolute atomic E-state index is 12.0. The monoisotopic (exact) mass is 227 g/mol. The second-order valence-electron chi connectivity index (χ2n) is 4.10. The molecule has 0 spiro atoms. The van der Waals surface area contributed by atoms with E-state index >= 15 is 0 Å². The molecule has 0 bridgehead atoms. The van der Waals surface area contributed by atoms with E-state index in [1.807, 2.05) is 13.8 Å². The average Bonchev–Trinajstić information content (AvgIpc) is 2.62. The van der Waals surface area contributed by atoms with Crippen molar-refractivity contribution in [3.8, 4) is 0 Å². The lowest BCUT2D eigenvalue weighted by Crippen LogP contribution is -2.44. The molecule has 1 aromatic heterocycles. The number of thiazole rings is 1. The van der Waals surface area contributed by atoms with Gasteiger partial charge in [-0.25, -0.2) is 4.98 Å². The Labute approximate surface area is 94.1 Å². The predicted octanol–water partition coefficient (Wildman–Crippen LogP) is 1.99. The third-order valence-corrected chi connectivity index (χ3v) is 3.49. The quantitative estimate of drug-likeness (QED) is 0.859. The molecule has 1 aromatic rings. The van der Waals surface area contributed by atoms with E-state index in [2.05, 4.69) is 11.9 Å². The SMILES string of the molecule is CCC(C)(C)N(C)C(=O)c1csc(N)n1. The summed E-state index contributed by atoms with van der Waals surface area (Å²) in [5.74, 6) is -0.0743. The van der Waals surface area contributed by atoms with Gasteiger partial charge in [-0.1, -0.05) is 6.92 Å². The van der Waals surface area contributed by atoms with Gasteiger partial charge in [-0.3, -0.25) is 4.79 Å². The van der Waals surface area contributed by atoms with E-state index in [0.717, 1.165) is 6.42 Å². The van der Waals surface area contributed by atoms with Gasteiger partial charge in [0.05, 0.1) is 0 Å². The molecule has 0 aliphatic heterocycles. The summed E-state index contributed by atoms with van der Waals surface area (Å²) >= 11 is 1.29. The van der Waals surface area contributed by atoms with Crippen LogP contribution in [0, 0.1) is 0 Å². The molecule has 15 heavy (non-hydrogen) atoms. The molecule has 1 rings (SSSR count). The number of amides is 1. The van der Waals surface area contributed by atoms with E-state index in [-0.39, 0.29) is 11.4 Å². The molecular weight excluding hydrogens is 210 g/mol. The van der Waals surface area contributed by atoms with Gasteiger partial charge in [0.15, 0.2) is 5.13 Å². The van der Waals surface area contributed by atoms with Crippen molar-refractivity contribution in [2.75, 3.05) is 12.8 Å². The third kappa shape index (κ3) is 2.47. The summed E-state index contributed by atoms with van der Waals surface area (Å²) in [5, 5.41) is 2.13. The second-order valence-corrected chi connectivity index (χ2v) is 4.99. The van der Waals surface area contributed by atoms with E-state index < -0.39 is 0 Å². The lowest BCUT2D eigenvalue weighted by Gasteiger charge is -2.34. The summed E-state index contributed by atoms with van der Waals surface area (Å²) in [5.41, 5.74) is 5.77. The van der Waals surface area contributed by atoms with E-state index in [9.17, 15) is 4.79 Å². The molecule has 1 heterocycles. The van der Waals surface area contributed by atoms with E-state index in [1.54, 1.807) is 17.3 Å². The highest BCUT2D eigenvalue weighted by Gasteiger charge is 2.27. The number of hydrogen-bond acceptors (Lipinski definition) is 4. The standard InChI is InChI=1S/C10H17N3OS/c1-5-10(2,3)13(4)8(14)7-6-15-9(11)12-7/h6H,5H2,1-4H3,(H2,11,12). The zero-order valence-corrected chi connectivity index (χ0v) is 10.4. The minimum absolute atomic E-state index is 0.0743. The maximum Gasteiger partial charge on any atom is 0.273 e. The fourth-order valence-corrected chi connectivity index (χ4v) is 1.61. The molecule has 2 N–H and O–H groups in total. The largest absolute Gasteiger partial charge is 0.375 e. The Bertz CT molecular complexity index is 359.